The Bertz CT molecular complexity index is 202. The van der Waals surface area contributed by atoms with Crippen molar-refractivity contribution >= 4 is 0 Å². The number of rotatable bonds is 0. The maximum Gasteiger partial charge on any atom is -0.0313 e. The van der Waals surface area contributed by atoms with Gasteiger partial charge in [0.2, 0.25) is 0 Å². The highest BCUT2D eigenvalue weighted by atomic mass is 13.9. The Balaban J connectivity index is 2.34. The van der Waals surface area contributed by atoms with E-state index in [9.17, 15) is 0 Å². The van der Waals surface area contributed by atoms with E-state index in [2.05, 4.69) is 48.6 Å². The van der Waals surface area contributed by atoms with E-state index in [4.69, 9.17) is 0 Å². The van der Waals surface area contributed by atoms with Crippen LogP contribution in [0.3, 0.4) is 0 Å². The van der Waals surface area contributed by atoms with Gasteiger partial charge in [-0.1, -0.05) is 48.6 Å². The second-order valence-electron chi connectivity index (χ2n) is 3.57. The van der Waals surface area contributed by atoms with Crippen LogP contribution in [0.4, 0.5) is 0 Å². The van der Waals surface area contributed by atoms with Crippen molar-refractivity contribution in [2.75, 3.05) is 0 Å². The van der Waals surface area contributed by atoms with Gasteiger partial charge < -0.3 is 0 Å². The van der Waals surface area contributed by atoms with Gasteiger partial charge in [0.1, 0.15) is 0 Å². The Kier molecular flexibility index (Phi) is 6.74. The summed E-state index contributed by atoms with van der Waals surface area (Å²) in [5, 5.41) is 0. The number of allylic oxidation sites excluding steroid dienone is 8. The zero-order chi connectivity index (χ0) is 9.90. The first-order valence-corrected chi connectivity index (χ1v) is 5.63. The molecule has 1 rings (SSSR count). The maximum atomic E-state index is 2.27. The molecular formula is C14H20. The molecule has 0 spiro atoms. The van der Waals surface area contributed by atoms with E-state index in [1.165, 1.54) is 25.7 Å². The lowest BCUT2D eigenvalue weighted by molar-refractivity contribution is 0.762. The fraction of sp³-hybridized carbons (Fsp3) is 0.429. The molecule has 76 valence electrons. The van der Waals surface area contributed by atoms with Crippen LogP contribution in [0.15, 0.2) is 48.6 Å². The predicted molar refractivity (Wildman–Crippen MR) is 64.3 cm³/mol. The summed E-state index contributed by atoms with van der Waals surface area (Å²) < 4.78 is 0. The van der Waals surface area contributed by atoms with E-state index in [1.54, 1.807) is 0 Å². The molecule has 0 bridgehead atoms. The van der Waals surface area contributed by atoms with Crippen LogP contribution in [0.5, 0.6) is 0 Å². The average molecular weight is 188 g/mol. The molecule has 1 aliphatic rings. The molecular weight excluding hydrogens is 168 g/mol. The van der Waals surface area contributed by atoms with E-state index in [1.807, 2.05) is 0 Å². The van der Waals surface area contributed by atoms with Crippen LogP contribution in [0, 0.1) is 0 Å². The molecule has 0 unspecified atom stereocenters. The summed E-state index contributed by atoms with van der Waals surface area (Å²) in [6, 6.07) is 0. The molecule has 1 aliphatic carbocycles. The van der Waals surface area contributed by atoms with Gasteiger partial charge in [-0.25, -0.2) is 0 Å². The Morgan fingerprint density at radius 2 is 0.786 bits per heavy atom. The minimum Gasteiger partial charge on any atom is -0.0845 e. The highest BCUT2D eigenvalue weighted by Gasteiger charge is 1.83. The Morgan fingerprint density at radius 1 is 0.429 bits per heavy atom. The first kappa shape index (κ1) is 11.0. The molecule has 0 fully saturated rings. The van der Waals surface area contributed by atoms with Crippen LogP contribution >= 0.6 is 0 Å². The SMILES string of the molecule is C1=CCC/C=C/C=C\CCCCC=C1. The topological polar surface area (TPSA) is 0 Å². The summed E-state index contributed by atoms with van der Waals surface area (Å²) in [7, 11) is 0. The van der Waals surface area contributed by atoms with Crippen molar-refractivity contribution in [2.24, 2.45) is 0 Å². The van der Waals surface area contributed by atoms with E-state index < -0.39 is 0 Å². The maximum absolute atomic E-state index is 2.27. The molecule has 0 atom stereocenters. The third kappa shape index (κ3) is 6.47. The standard InChI is InChI=1S/C14H20/c1-2-4-6-8-10-12-14-13-11-9-7-5-3-1/h1-4,9,11,13-14H,5-8,10,12H2/b3-1+,4-2-,11-9?,14-13?. The largest absolute Gasteiger partial charge is 0.0845 e. The Morgan fingerprint density at radius 3 is 1.21 bits per heavy atom. The van der Waals surface area contributed by atoms with Gasteiger partial charge >= 0.3 is 0 Å². The minimum absolute atomic E-state index is 1.15. The zero-order valence-corrected chi connectivity index (χ0v) is 8.86. The number of hydrogen-bond acceptors (Lipinski definition) is 0. The quantitative estimate of drug-likeness (QED) is 0.522. The Labute approximate surface area is 87.7 Å². The van der Waals surface area contributed by atoms with Crippen molar-refractivity contribution in [3.8, 4) is 0 Å². The van der Waals surface area contributed by atoms with E-state index in [0.29, 0.717) is 0 Å². The summed E-state index contributed by atoms with van der Waals surface area (Å²) in [4.78, 5) is 0. The van der Waals surface area contributed by atoms with Crippen molar-refractivity contribution in [2.45, 2.75) is 38.5 Å². The monoisotopic (exact) mass is 188 g/mol. The summed E-state index contributed by atoms with van der Waals surface area (Å²) in [6.45, 7) is 0. The minimum atomic E-state index is 1.15. The van der Waals surface area contributed by atoms with Gasteiger partial charge in [0.25, 0.3) is 0 Å². The molecule has 0 radical (unpaired) electrons. The number of hydrogen-bond donors (Lipinski definition) is 0. The van der Waals surface area contributed by atoms with Gasteiger partial charge in [-0.15, -0.1) is 0 Å². The van der Waals surface area contributed by atoms with E-state index >= 15 is 0 Å². The van der Waals surface area contributed by atoms with Crippen LogP contribution < -0.4 is 0 Å². The third-order valence-electron chi connectivity index (χ3n) is 2.26. The van der Waals surface area contributed by atoms with Gasteiger partial charge in [0, 0.05) is 0 Å². The van der Waals surface area contributed by atoms with Crippen molar-refractivity contribution in [3.05, 3.63) is 48.6 Å². The zero-order valence-electron chi connectivity index (χ0n) is 8.86. The molecule has 14 heavy (non-hydrogen) atoms. The lowest BCUT2D eigenvalue weighted by Crippen LogP contribution is -1.72. The van der Waals surface area contributed by atoms with Gasteiger partial charge in [-0.05, 0) is 38.5 Å². The van der Waals surface area contributed by atoms with Gasteiger partial charge in [-0.3, -0.25) is 0 Å². The summed E-state index contributed by atoms with van der Waals surface area (Å²) in [6.07, 6.45) is 25.0. The van der Waals surface area contributed by atoms with E-state index in [-0.39, 0.29) is 0 Å². The average Bonchev–Trinajstić information content (AvgIpc) is 2.22. The van der Waals surface area contributed by atoms with Crippen molar-refractivity contribution in [1.82, 2.24) is 0 Å². The highest BCUT2D eigenvalue weighted by Crippen LogP contribution is 2.03. The summed E-state index contributed by atoms with van der Waals surface area (Å²) >= 11 is 0. The fourth-order valence-electron chi connectivity index (χ4n) is 1.42. The van der Waals surface area contributed by atoms with Crippen LogP contribution in [0.2, 0.25) is 0 Å². The van der Waals surface area contributed by atoms with Crippen LogP contribution in [0.25, 0.3) is 0 Å². The molecule has 0 aromatic rings. The highest BCUT2D eigenvalue weighted by molar-refractivity contribution is 5.05. The van der Waals surface area contributed by atoms with Crippen LogP contribution in [0.1, 0.15) is 38.5 Å². The van der Waals surface area contributed by atoms with Crippen LogP contribution in [-0.4, -0.2) is 0 Å². The first-order chi connectivity index (χ1) is 7.00. The molecule has 0 nitrogen and oxygen atoms in total. The third-order valence-corrected chi connectivity index (χ3v) is 2.26. The summed E-state index contributed by atoms with van der Waals surface area (Å²) in [5.74, 6) is 0. The predicted octanol–water partition coefficient (Wildman–Crippen LogP) is 4.57. The summed E-state index contributed by atoms with van der Waals surface area (Å²) in [5.41, 5.74) is 0. The second-order valence-corrected chi connectivity index (χ2v) is 3.57. The molecule has 0 aromatic carbocycles. The van der Waals surface area contributed by atoms with E-state index in [0.717, 1.165) is 12.8 Å². The Hall–Kier alpha value is -1.04. The molecule has 0 aromatic heterocycles. The molecule has 0 amide bonds. The smallest absolute Gasteiger partial charge is 0.0313 e. The molecule has 0 heteroatoms. The molecule has 0 saturated heterocycles. The van der Waals surface area contributed by atoms with Crippen LogP contribution in [-0.2, 0) is 0 Å². The lowest BCUT2D eigenvalue weighted by atomic mass is 10.1. The molecule has 0 N–H and O–H groups in total. The first-order valence-electron chi connectivity index (χ1n) is 5.63. The molecule has 0 saturated carbocycles. The molecule has 0 heterocycles. The van der Waals surface area contributed by atoms with Gasteiger partial charge in [0.15, 0.2) is 0 Å². The van der Waals surface area contributed by atoms with Crippen molar-refractivity contribution < 1.29 is 0 Å². The molecule has 0 aliphatic heterocycles. The fourth-order valence-corrected chi connectivity index (χ4v) is 1.42. The van der Waals surface area contributed by atoms with Crippen molar-refractivity contribution in [1.29, 1.82) is 0 Å². The van der Waals surface area contributed by atoms with Gasteiger partial charge in [-0.2, -0.15) is 0 Å². The normalized spacial score (nSPS) is 24.0. The lowest BCUT2D eigenvalue weighted by Gasteiger charge is -1.92. The second kappa shape index (κ2) is 8.55. The van der Waals surface area contributed by atoms with Crippen molar-refractivity contribution in [3.63, 3.8) is 0 Å². The van der Waals surface area contributed by atoms with Gasteiger partial charge in [0.05, 0.1) is 0 Å².